The van der Waals surface area contributed by atoms with Gasteiger partial charge >= 0.3 is 5.69 Å². The van der Waals surface area contributed by atoms with E-state index in [2.05, 4.69) is 10.3 Å². The van der Waals surface area contributed by atoms with Crippen LogP contribution in [0.2, 0.25) is 10.0 Å². The molecule has 0 aliphatic heterocycles. The molecule has 2 rings (SSSR count). The first-order valence-electron chi connectivity index (χ1n) is 5.65. The summed E-state index contributed by atoms with van der Waals surface area (Å²) in [5.41, 5.74) is -1.47. The van der Waals surface area contributed by atoms with E-state index >= 15 is 0 Å². The van der Waals surface area contributed by atoms with Gasteiger partial charge < -0.3 is 15.0 Å². The van der Waals surface area contributed by atoms with Gasteiger partial charge in [-0.1, -0.05) is 23.2 Å². The highest BCUT2D eigenvalue weighted by Crippen LogP contribution is 2.27. The Morgan fingerprint density at radius 2 is 2.05 bits per heavy atom. The molecule has 3 N–H and O–H groups in total. The number of amides is 1. The van der Waals surface area contributed by atoms with Crippen molar-refractivity contribution in [1.82, 2.24) is 9.97 Å². The number of nitrogens with one attached hydrogen (secondary N) is 3. The van der Waals surface area contributed by atoms with E-state index in [-0.39, 0.29) is 23.1 Å². The minimum Gasteiger partial charge on any atom is -0.482 e. The van der Waals surface area contributed by atoms with E-state index in [1.165, 1.54) is 12.1 Å². The maximum atomic E-state index is 11.7. The number of aromatic nitrogens is 2. The van der Waals surface area contributed by atoms with Gasteiger partial charge in [-0.05, 0) is 18.2 Å². The minimum atomic E-state index is -0.711. The van der Waals surface area contributed by atoms with Gasteiger partial charge in [0.2, 0.25) is 0 Å². The van der Waals surface area contributed by atoms with Crippen molar-refractivity contribution in [3.8, 4) is 5.75 Å². The lowest BCUT2D eigenvalue weighted by atomic mass is 10.3. The summed E-state index contributed by atoms with van der Waals surface area (Å²) in [5.74, 6) is -0.301. The highest BCUT2D eigenvalue weighted by Gasteiger charge is 2.09. The van der Waals surface area contributed by atoms with Crippen molar-refractivity contribution < 1.29 is 9.53 Å². The van der Waals surface area contributed by atoms with Crippen molar-refractivity contribution >= 4 is 34.8 Å². The Labute approximate surface area is 127 Å². The maximum absolute atomic E-state index is 11.7. The second-order valence-corrected chi connectivity index (χ2v) is 4.74. The Morgan fingerprint density at radius 1 is 1.29 bits per heavy atom. The van der Waals surface area contributed by atoms with E-state index in [0.717, 1.165) is 6.20 Å². The molecular weight excluding hydrogens is 321 g/mol. The van der Waals surface area contributed by atoms with E-state index < -0.39 is 17.2 Å². The quantitative estimate of drug-likeness (QED) is 0.788. The zero-order chi connectivity index (χ0) is 15.4. The smallest absolute Gasteiger partial charge is 0.325 e. The highest BCUT2D eigenvalue weighted by molar-refractivity contribution is 6.35. The molecule has 21 heavy (non-hydrogen) atoms. The van der Waals surface area contributed by atoms with Gasteiger partial charge in [0.1, 0.15) is 11.4 Å². The molecule has 1 aromatic carbocycles. The second kappa shape index (κ2) is 6.47. The Bertz CT molecular complexity index is 785. The number of anilines is 1. The zero-order valence-electron chi connectivity index (χ0n) is 10.4. The molecule has 110 valence electrons. The molecule has 0 fully saturated rings. The van der Waals surface area contributed by atoms with E-state index in [1.54, 1.807) is 6.07 Å². The van der Waals surface area contributed by atoms with Crippen LogP contribution in [0.4, 0.5) is 5.69 Å². The third-order valence-electron chi connectivity index (χ3n) is 2.35. The van der Waals surface area contributed by atoms with Crippen LogP contribution in [-0.2, 0) is 4.79 Å². The van der Waals surface area contributed by atoms with E-state index in [4.69, 9.17) is 27.9 Å². The summed E-state index contributed by atoms with van der Waals surface area (Å²) in [7, 11) is 0. The summed E-state index contributed by atoms with van der Waals surface area (Å²) >= 11 is 11.6. The second-order valence-electron chi connectivity index (χ2n) is 3.90. The van der Waals surface area contributed by atoms with Gasteiger partial charge in [-0.25, -0.2) is 4.79 Å². The Morgan fingerprint density at radius 3 is 2.71 bits per heavy atom. The Kier molecular flexibility index (Phi) is 4.66. The van der Waals surface area contributed by atoms with Crippen LogP contribution in [0.25, 0.3) is 0 Å². The van der Waals surface area contributed by atoms with E-state index in [1.807, 2.05) is 4.98 Å². The summed E-state index contributed by atoms with van der Waals surface area (Å²) in [4.78, 5) is 38.1. The molecule has 2 aromatic rings. The summed E-state index contributed by atoms with van der Waals surface area (Å²) in [6.07, 6.45) is 1.09. The fourth-order valence-electron chi connectivity index (χ4n) is 1.42. The van der Waals surface area contributed by atoms with Crippen molar-refractivity contribution in [2.75, 3.05) is 11.9 Å². The fraction of sp³-hybridized carbons (Fsp3) is 0.0833. The summed E-state index contributed by atoms with van der Waals surface area (Å²) in [5, 5.41) is 2.99. The average Bonchev–Trinajstić information content (AvgIpc) is 2.41. The summed E-state index contributed by atoms with van der Waals surface area (Å²) in [6.45, 7) is -0.361. The number of halogens is 2. The number of benzene rings is 1. The third-order valence-corrected chi connectivity index (χ3v) is 2.88. The van der Waals surface area contributed by atoms with Crippen LogP contribution >= 0.6 is 23.2 Å². The van der Waals surface area contributed by atoms with Crippen LogP contribution in [0.1, 0.15) is 0 Å². The summed E-state index contributed by atoms with van der Waals surface area (Å²) < 4.78 is 5.20. The van der Waals surface area contributed by atoms with Gasteiger partial charge in [0.25, 0.3) is 11.5 Å². The monoisotopic (exact) mass is 329 g/mol. The Balaban J connectivity index is 1.99. The van der Waals surface area contributed by atoms with Crippen molar-refractivity contribution in [2.45, 2.75) is 0 Å². The molecular formula is C12H9Cl2N3O4. The van der Waals surface area contributed by atoms with Crippen molar-refractivity contribution in [2.24, 2.45) is 0 Å². The number of hydrogen-bond donors (Lipinski definition) is 3. The molecule has 0 unspecified atom stereocenters. The van der Waals surface area contributed by atoms with Gasteiger partial charge in [0.15, 0.2) is 6.61 Å². The minimum absolute atomic E-state index is 0.0922. The lowest BCUT2D eigenvalue weighted by molar-refractivity contribution is -0.118. The van der Waals surface area contributed by atoms with Crippen LogP contribution in [0.3, 0.4) is 0 Å². The SMILES string of the molecule is O=C(COc1ccc(Cl)cc1Cl)Nc1c[nH]c(=O)[nH]c1=O. The molecule has 9 heteroatoms. The molecule has 0 spiro atoms. The molecule has 0 aliphatic carbocycles. The topological polar surface area (TPSA) is 104 Å². The van der Waals surface area contributed by atoms with E-state index in [0.29, 0.717) is 5.02 Å². The molecule has 0 atom stereocenters. The maximum Gasteiger partial charge on any atom is 0.325 e. The van der Waals surface area contributed by atoms with Crippen LogP contribution < -0.4 is 21.3 Å². The van der Waals surface area contributed by atoms with Crippen LogP contribution in [0.15, 0.2) is 34.0 Å². The number of ether oxygens (including phenoxy) is 1. The molecule has 0 aliphatic rings. The molecule has 0 saturated carbocycles. The number of aromatic amines is 2. The molecule has 7 nitrogen and oxygen atoms in total. The molecule has 1 aromatic heterocycles. The van der Waals surface area contributed by atoms with Gasteiger partial charge in [-0.2, -0.15) is 0 Å². The van der Waals surface area contributed by atoms with Crippen LogP contribution in [0.5, 0.6) is 5.75 Å². The zero-order valence-corrected chi connectivity index (χ0v) is 11.9. The third kappa shape index (κ3) is 4.11. The average molecular weight is 330 g/mol. The lowest BCUT2D eigenvalue weighted by Crippen LogP contribution is -2.28. The molecule has 0 radical (unpaired) electrons. The van der Waals surface area contributed by atoms with Crippen molar-refractivity contribution in [3.05, 3.63) is 55.3 Å². The molecule has 0 saturated heterocycles. The number of carbonyl (C=O) groups is 1. The summed E-state index contributed by atoms with van der Waals surface area (Å²) in [6, 6.07) is 4.56. The van der Waals surface area contributed by atoms with E-state index in [9.17, 15) is 14.4 Å². The lowest BCUT2D eigenvalue weighted by Gasteiger charge is -2.08. The van der Waals surface area contributed by atoms with Crippen LogP contribution in [-0.4, -0.2) is 22.5 Å². The predicted molar refractivity (Wildman–Crippen MR) is 78.3 cm³/mol. The van der Waals surface area contributed by atoms with Gasteiger partial charge in [-0.3, -0.25) is 14.6 Å². The normalized spacial score (nSPS) is 10.2. The van der Waals surface area contributed by atoms with Crippen molar-refractivity contribution in [1.29, 1.82) is 0 Å². The van der Waals surface area contributed by atoms with Crippen LogP contribution in [0, 0.1) is 0 Å². The molecule has 0 bridgehead atoms. The standard InChI is InChI=1S/C12H9Cl2N3O4/c13-6-1-2-9(7(14)3-6)21-5-10(18)16-8-4-15-12(20)17-11(8)19/h1-4H,5H2,(H,16,18)(H2,15,17,19,20). The number of carbonyl (C=O) groups excluding carboxylic acids is 1. The molecule has 1 heterocycles. The van der Waals surface area contributed by atoms with Gasteiger partial charge in [0, 0.05) is 11.2 Å². The first kappa shape index (κ1) is 15.1. The number of hydrogen-bond acceptors (Lipinski definition) is 4. The van der Waals surface area contributed by atoms with Gasteiger partial charge in [0.05, 0.1) is 5.02 Å². The first-order chi connectivity index (χ1) is 9.95. The predicted octanol–water partition coefficient (Wildman–Crippen LogP) is 1.39. The fourth-order valence-corrected chi connectivity index (χ4v) is 1.89. The number of rotatable bonds is 4. The molecule has 1 amide bonds. The van der Waals surface area contributed by atoms with Gasteiger partial charge in [-0.15, -0.1) is 0 Å². The number of H-pyrrole nitrogens is 2. The Hall–Kier alpha value is -2.25. The largest absolute Gasteiger partial charge is 0.482 e. The highest BCUT2D eigenvalue weighted by atomic mass is 35.5. The van der Waals surface area contributed by atoms with Crippen molar-refractivity contribution in [3.63, 3.8) is 0 Å². The first-order valence-corrected chi connectivity index (χ1v) is 6.41.